The molecular weight excluding hydrogens is 276 g/mol. The summed E-state index contributed by atoms with van der Waals surface area (Å²) in [4.78, 5) is 12.4. The van der Waals surface area contributed by atoms with Gasteiger partial charge in [-0.2, -0.15) is 5.10 Å². The molecule has 20 heavy (non-hydrogen) atoms. The summed E-state index contributed by atoms with van der Waals surface area (Å²) in [5.41, 5.74) is 0.584. The van der Waals surface area contributed by atoms with E-state index in [4.69, 9.17) is 16.0 Å². The predicted molar refractivity (Wildman–Crippen MR) is 79.0 cm³/mol. The van der Waals surface area contributed by atoms with Gasteiger partial charge in [-0.3, -0.25) is 4.79 Å². The maximum absolute atomic E-state index is 12.4. The zero-order chi connectivity index (χ0) is 13.9. The minimum absolute atomic E-state index is 0.0963. The maximum atomic E-state index is 12.4. The first-order valence-corrected chi connectivity index (χ1v) is 6.94. The minimum Gasteiger partial charge on any atom is -0.463 e. The van der Waals surface area contributed by atoms with Crippen LogP contribution in [0.3, 0.4) is 0 Å². The van der Waals surface area contributed by atoms with Crippen LogP contribution in [0.5, 0.6) is 0 Å². The summed E-state index contributed by atoms with van der Waals surface area (Å²) in [6.07, 6.45) is 2.30. The van der Waals surface area contributed by atoms with Crippen LogP contribution in [0.2, 0.25) is 0 Å². The topological polar surface area (TPSA) is 48.0 Å². The van der Waals surface area contributed by atoms with Gasteiger partial charge in [-0.1, -0.05) is 18.2 Å². The molecule has 0 spiro atoms. The van der Waals surface area contributed by atoms with Crippen molar-refractivity contribution in [2.24, 2.45) is 0 Å². The van der Waals surface area contributed by atoms with E-state index in [-0.39, 0.29) is 5.56 Å². The third-order valence-corrected chi connectivity index (χ3v) is 3.39. The zero-order valence-electron chi connectivity index (χ0n) is 10.8. The summed E-state index contributed by atoms with van der Waals surface area (Å²) in [6.45, 7) is 0.501. The number of furan rings is 1. The molecule has 0 bridgehead atoms. The molecule has 0 N–H and O–H groups in total. The van der Waals surface area contributed by atoms with E-state index in [1.807, 2.05) is 30.3 Å². The first kappa shape index (κ1) is 12.9. The van der Waals surface area contributed by atoms with Crippen LogP contribution in [0.4, 0.5) is 0 Å². The SMILES string of the molecule is O=c1c2ccccc2c(-c2ccco2)nn1CCCCl. The Hall–Kier alpha value is -2.07. The normalized spacial score (nSPS) is 11.1. The Kier molecular flexibility index (Phi) is 3.56. The summed E-state index contributed by atoms with van der Waals surface area (Å²) in [5.74, 6) is 1.15. The number of halogens is 1. The summed E-state index contributed by atoms with van der Waals surface area (Å²) in [6, 6.07) is 11.1. The molecule has 0 amide bonds. The van der Waals surface area contributed by atoms with E-state index in [1.54, 1.807) is 12.3 Å². The van der Waals surface area contributed by atoms with Crippen molar-refractivity contribution in [1.29, 1.82) is 0 Å². The average Bonchev–Trinajstić information content (AvgIpc) is 3.01. The molecule has 0 radical (unpaired) electrons. The van der Waals surface area contributed by atoms with Crippen LogP contribution in [-0.2, 0) is 6.54 Å². The Morgan fingerprint density at radius 3 is 2.65 bits per heavy atom. The smallest absolute Gasteiger partial charge is 0.274 e. The zero-order valence-corrected chi connectivity index (χ0v) is 11.5. The Balaban J connectivity index is 2.27. The molecule has 3 aromatic rings. The van der Waals surface area contributed by atoms with Crippen molar-refractivity contribution in [1.82, 2.24) is 9.78 Å². The molecule has 0 atom stereocenters. The van der Waals surface area contributed by atoms with Gasteiger partial charge in [0, 0.05) is 17.8 Å². The van der Waals surface area contributed by atoms with Crippen LogP contribution in [-0.4, -0.2) is 15.7 Å². The minimum atomic E-state index is -0.0963. The van der Waals surface area contributed by atoms with Gasteiger partial charge < -0.3 is 4.42 Å². The Labute approximate surface area is 120 Å². The summed E-state index contributed by atoms with van der Waals surface area (Å²) < 4.78 is 6.88. The van der Waals surface area contributed by atoms with Gasteiger partial charge >= 0.3 is 0 Å². The molecule has 1 aromatic carbocycles. The summed E-state index contributed by atoms with van der Waals surface area (Å²) in [7, 11) is 0. The molecule has 0 aliphatic carbocycles. The number of hydrogen-bond donors (Lipinski definition) is 0. The van der Waals surface area contributed by atoms with Crippen LogP contribution in [0.1, 0.15) is 6.42 Å². The number of alkyl halides is 1. The van der Waals surface area contributed by atoms with E-state index in [1.165, 1.54) is 4.68 Å². The lowest BCUT2D eigenvalue weighted by molar-refractivity contribution is 0.555. The van der Waals surface area contributed by atoms with Gasteiger partial charge in [-0.05, 0) is 24.6 Å². The van der Waals surface area contributed by atoms with E-state index in [9.17, 15) is 4.79 Å². The lowest BCUT2D eigenvalue weighted by Crippen LogP contribution is -2.24. The second-order valence-corrected chi connectivity index (χ2v) is 4.82. The fourth-order valence-electron chi connectivity index (χ4n) is 2.19. The molecule has 5 heteroatoms. The molecule has 2 heterocycles. The summed E-state index contributed by atoms with van der Waals surface area (Å²) >= 11 is 5.70. The van der Waals surface area contributed by atoms with Crippen molar-refractivity contribution >= 4 is 22.4 Å². The van der Waals surface area contributed by atoms with Gasteiger partial charge in [-0.15, -0.1) is 11.6 Å². The lowest BCUT2D eigenvalue weighted by Gasteiger charge is -2.09. The Bertz CT molecular complexity index is 778. The third kappa shape index (κ3) is 2.23. The van der Waals surface area contributed by atoms with Gasteiger partial charge in [0.15, 0.2) is 5.76 Å². The van der Waals surface area contributed by atoms with Crippen LogP contribution in [0, 0.1) is 0 Å². The fraction of sp³-hybridized carbons (Fsp3) is 0.200. The number of fused-ring (bicyclic) bond motifs is 1. The largest absolute Gasteiger partial charge is 0.463 e. The van der Waals surface area contributed by atoms with Gasteiger partial charge in [0.2, 0.25) is 0 Å². The molecule has 0 fully saturated rings. The Morgan fingerprint density at radius 1 is 1.15 bits per heavy atom. The molecule has 4 nitrogen and oxygen atoms in total. The highest BCUT2D eigenvalue weighted by Crippen LogP contribution is 2.24. The van der Waals surface area contributed by atoms with Crippen molar-refractivity contribution in [2.75, 3.05) is 5.88 Å². The molecular formula is C15H13ClN2O2. The molecule has 102 valence electrons. The van der Waals surface area contributed by atoms with Crippen LogP contribution in [0.25, 0.3) is 22.2 Å². The molecule has 0 unspecified atom stereocenters. The molecule has 3 rings (SSSR count). The molecule has 2 aromatic heterocycles. The standard InChI is InChI=1S/C15H13ClN2O2/c16-8-4-9-18-15(19)12-6-2-1-5-11(12)14(17-18)13-7-3-10-20-13/h1-3,5-7,10H,4,8-9H2. The lowest BCUT2D eigenvalue weighted by atomic mass is 10.1. The number of aryl methyl sites for hydroxylation is 1. The van der Waals surface area contributed by atoms with E-state index in [0.29, 0.717) is 35.7 Å². The van der Waals surface area contributed by atoms with Crippen LogP contribution in [0.15, 0.2) is 51.9 Å². The second kappa shape index (κ2) is 5.51. The van der Waals surface area contributed by atoms with E-state index in [0.717, 1.165) is 5.39 Å². The van der Waals surface area contributed by atoms with Crippen molar-refractivity contribution in [3.05, 3.63) is 53.0 Å². The highest BCUT2D eigenvalue weighted by molar-refractivity contribution is 6.17. The van der Waals surface area contributed by atoms with Gasteiger partial charge in [0.05, 0.1) is 11.6 Å². The third-order valence-electron chi connectivity index (χ3n) is 3.13. The van der Waals surface area contributed by atoms with E-state index >= 15 is 0 Å². The highest BCUT2D eigenvalue weighted by Gasteiger charge is 2.13. The first-order valence-electron chi connectivity index (χ1n) is 6.41. The van der Waals surface area contributed by atoms with Crippen LogP contribution >= 0.6 is 11.6 Å². The van der Waals surface area contributed by atoms with Crippen molar-refractivity contribution in [3.63, 3.8) is 0 Å². The Morgan fingerprint density at radius 2 is 1.95 bits per heavy atom. The number of nitrogens with zero attached hydrogens (tertiary/aromatic N) is 2. The quantitative estimate of drug-likeness (QED) is 0.692. The average molecular weight is 289 g/mol. The molecule has 0 aliphatic heterocycles. The van der Waals surface area contributed by atoms with Crippen molar-refractivity contribution < 1.29 is 4.42 Å². The number of hydrogen-bond acceptors (Lipinski definition) is 3. The number of rotatable bonds is 4. The van der Waals surface area contributed by atoms with Gasteiger partial charge in [0.25, 0.3) is 5.56 Å². The highest BCUT2D eigenvalue weighted by atomic mass is 35.5. The van der Waals surface area contributed by atoms with Crippen molar-refractivity contribution in [2.45, 2.75) is 13.0 Å². The second-order valence-electron chi connectivity index (χ2n) is 4.44. The predicted octanol–water partition coefficient (Wildman–Crippen LogP) is 3.29. The molecule has 0 saturated heterocycles. The van der Waals surface area contributed by atoms with E-state index in [2.05, 4.69) is 5.10 Å². The monoisotopic (exact) mass is 288 g/mol. The number of benzene rings is 1. The number of aromatic nitrogens is 2. The fourth-order valence-corrected chi connectivity index (χ4v) is 2.31. The van der Waals surface area contributed by atoms with Gasteiger partial charge in [-0.25, -0.2) is 4.68 Å². The maximum Gasteiger partial charge on any atom is 0.274 e. The first-order chi connectivity index (χ1) is 9.81. The molecule has 0 aliphatic rings. The van der Waals surface area contributed by atoms with Crippen LogP contribution < -0.4 is 5.56 Å². The van der Waals surface area contributed by atoms with Gasteiger partial charge in [0.1, 0.15) is 5.69 Å². The van der Waals surface area contributed by atoms with Crippen molar-refractivity contribution in [3.8, 4) is 11.5 Å². The summed E-state index contributed by atoms with van der Waals surface area (Å²) in [5, 5.41) is 5.87. The van der Waals surface area contributed by atoms with E-state index < -0.39 is 0 Å². The molecule has 0 saturated carbocycles.